The summed E-state index contributed by atoms with van der Waals surface area (Å²) in [6.45, 7) is 3.62. The molecule has 3 rings (SSSR count). The zero-order chi connectivity index (χ0) is 18.9. The van der Waals surface area contributed by atoms with Crippen molar-refractivity contribution in [1.82, 2.24) is 9.97 Å². The number of anilines is 3. The number of para-hydroxylation sites is 1. The van der Waals surface area contributed by atoms with Gasteiger partial charge in [0, 0.05) is 37.6 Å². The van der Waals surface area contributed by atoms with Crippen LogP contribution in [0.4, 0.5) is 17.5 Å². The molecular formula is C22H26N4O. The van der Waals surface area contributed by atoms with Crippen LogP contribution in [0, 0.1) is 0 Å². The van der Waals surface area contributed by atoms with E-state index >= 15 is 0 Å². The van der Waals surface area contributed by atoms with Crippen LogP contribution in [0.15, 0.2) is 60.7 Å². The fourth-order valence-electron chi connectivity index (χ4n) is 2.85. The van der Waals surface area contributed by atoms with Crippen LogP contribution in [-0.2, 0) is 11.2 Å². The van der Waals surface area contributed by atoms with E-state index in [0.29, 0.717) is 12.6 Å². The van der Waals surface area contributed by atoms with Gasteiger partial charge in [0.2, 0.25) is 5.95 Å². The van der Waals surface area contributed by atoms with Gasteiger partial charge >= 0.3 is 0 Å². The molecule has 2 aromatic carbocycles. The predicted octanol–water partition coefficient (Wildman–Crippen LogP) is 4.90. The molecule has 1 heterocycles. The molecule has 5 heteroatoms. The first-order valence-corrected chi connectivity index (χ1v) is 9.32. The topological polar surface area (TPSA) is 59.1 Å². The molecule has 0 aliphatic heterocycles. The second-order valence-electron chi connectivity index (χ2n) is 6.24. The molecule has 2 N–H and O–H groups in total. The fourth-order valence-corrected chi connectivity index (χ4v) is 2.85. The quantitative estimate of drug-likeness (QED) is 0.530. The van der Waals surface area contributed by atoms with E-state index in [-0.39, 0.29) is 0 Å². The Morgan fingerprint density at radius 3 is 2.52 bits per heavy atom. The van der Waals surface area contributed by atoms with Gasteiger partial charge in [-0.15, -0.1) is 0 Å². The van der Waals surface area contributed by atoms with E-state index in [2.05, 4.69) is 57.9 Å². The molecule has 140 valence electrons. The zero-order valence-electron chi connectivity index (χ0n) is 15.9. The SMILES string of the molecule is CCc1ccccc1Nc1cc(-c2ccccc2)nc(NCCCOC)n1. The van der Waals surface area contributed by atoms with Gasteiger partial charge in [0.25, 0.3) is 0 Å². The number of hydrogen-bond acceptors (Lipinski definition) is 5. The maximum atomic E-state index is 5.11. The summed E-state index contributed by atoms with van der Waals surface area (Å²) in [7, 11) is 1.71. The summed E-state index contributed by atoms with van der Waals surface area (Å²) in [6.07, 6.45) is 1.86. The van der Waals surface area contributed by atoms with Crippen LogP contribution in [0.5, 0.6) is 0 Å². The molecule has 0 amide bonds. The highest BCUT2D eigenvalue weighted by molar-refractivity contribution is 5.68. The van der Waals surface area contributed by atoms with Crippen molar-refractivity contribution in [3.8, 4) is 11.3 Å². The minimum Gasteiger partial charge on any atom is -0.385 e. The third-order valence-electron chi connectivity index (χ3n) is 4.27. The van der Waals surface area contributed by atoms with Crippen molar-refractivity contribution in [1.29, 1.82) is 0 Å². The molecule has 1 aromatic heterocycles. The van der Waals surface area contributed by atoms with Gasteiger partial charge in [-0.3, -0.25) is 0 Å². The Hall–Kier alpha value is -2.92. The summed E-state index contributed by atoms with van der Waals surface area (Å²) in [4.78, 5) is 9.34. The summed E-state index contributed by atoms with van der Waals surface area (Å²) in [6, 6.07) is 20.4. The molecule has 0 bridgehead atoms. The molecule has 0 aliphatic rings. The lowest BCUT2D eigenvalue weighted by molar-refractivity contribution is 0.197. The molecule has 0 saturated carbocycles. The summed E-state index contributed by atoms with van der Waals surface area (Å²) < 4.78 is 5.11. The van der Waals surface area contributed by atoms with E-state index in [1.165, 1.54) is 5.56 Å². The van der Waals surface area contributed by atoms with E-state index in [1.807, 2.05) is 30.3 Å². The Morgan fingerprint density at radius 2 is 1.74 bits per heavy atom. The average molecular weight is 362 g/mol. The van der Waals surface area contributed by atoms with E-state index in [4.69, 9.17) is 4.74 Å². The number of benzene rings is 2. The maximum Gasteiger partial charge on any atom is 0.225 e. The van der Waals surface area contributed by atoms with Gasteiger partial charge in [-0.05, 0) is 24.5 Å². The minimum absolute atomic E-state index is 0.615. The standard InChI is InChI=1S/C22H26N4O/c1-3-17-10-7-8-13-19(17)24-21-16-20(18-11-5-4-6-12-18)25-22(26-21)23-14-9-15-27-2/h4-8,10-13,16H,3,9,14-15H2,1-2H3,(H2,23,24,25,26). The maximum absolute atomic E-state index is 5.11. The van der Waals surface area contributed by atoms with Gasteiger partial charge in [0.05, 0.1) is 5.69 Å². The predicted molar refractivity (Wildman–Crippen MR) is 112 cm³/mol. The van der Waals surface area contributed by atoms with Crippen LogP contribution in [0.3, 0.4) is 0 Å². The van der Waals surface area contributed by atoms with E-state index in [9.17, 15) is 0 Å². The van der Waals surface area contributed by atoms with Crippen LogP contribution in [0.2, 0.25) is 0 Å². The molecule has 5 nitrogen and oxygen atoms in total. The van der Waals surface area contributed by atoms with Crippen LogP contribution in [0.25, 0.3) is 11.3 Å². The Morgan fingerprint density at radius 1 is 0.963 bits per heavy atom. The molecule has 0 spiro atoms. The van der Waals surface area contributed by atoms with Crippen molar-refractivity contribution in [2.75, 3.05) is 30.9 Å². The zero-order valence-corrected chi connectivity index (χ0v) is 15.9. The number of ether oxygens (including phenoxy) is 1. The van der Waals surface area contributed by atoms with E-state index in [1.54, 1.807) is 7.11 Å². The number of hydrogen-bond donors (Lipinski definition) is 2. The van der Waals surface area contributed by atoms with Crippen molar-refractivity contribution in [3.63, 3.8) is 0 Å². The molecule has 27 heavy (non-hydrogen) atoms. The first-order valence-electron chi connectivity index (χ1n) is 9.32. The number of nitrogens with zero attached hydrogens (tertiary/aromatic N) is 2. The monoisotopic (exact) mass is 362 g/mol. The molecule has 0 saturated heterocycles. The van der Waals surface area contributed by atoms with Gasteiger partial charge in [-0.2, -0.15) is 4.98 Å². The Balaban J connectivity index is 1.89. The van der Waals surface area contributed by atoms with E-state index in [0.717, 1.165) is 42.1 Å². The highest BCUT2D eigenvalue weighted by Gasteiger charge is 2.08. The van der Waals surface area contributed by atoms with Gasteiger partial charge in [-0.1, -0.05) is 55.5 Å². The van der Waals surface area contributed by atoms with Gasteiger partial charge < -0.3 is 15.4 Å². The van der Waals surface area contributed by atoms with Crippen molar-refractivity contribution in [3.05, 3.63) is 66.2 Å². The Bertz CT molecular complexity index is 852. The molecule has 0 aliphatic carbocycles. The lowest BCUT2D eigenvalue weighted by Crippen LogP contribution is -2.09. The highest BCUT2D eigenvalue weighted by atomic mass is 16.5. The number of rotatable bonds is 9. The second-order valence-corrected chi connectivity index (χ2v) is 6.24. The third-order valence-corrected chi connectivity index (χ3v) is 4.27. The first-order chi connectivity index (χ1) is 13.3. The molecule has 0 unspecified atom stereocenters. The van der Waals surface area contributed by atoms with Crippen LogP contribution < -0.4 is 10.6 Å². The van der Waals surface area contributed by atoms with Gasteiger partial charge in [0.15, 0.2) is 0 Å². The minimum atomic E-state index is 0.615. The van der Waals surface area contributed by atoms with Gasteiger partial charge in [-0.25, -0.2) is 4.98 Å². The normalized spacial score (nSPS) is 10.6. The summed E-state index contributed by atoms with van der Waals surface area (Å²) >= 11 is 0. The molecule has 0 fully saturated rings. The highest BCUT2D eigenvalue weighted by Crippen LogP contribution is 2.25. The summed E-state index contributed by atoms with van der Waals surface area (Å²) in [5, 5.41) is 6.76. The van der Waals surface area contributed by atoms with Crippen LogP contribution in [0.1, 0.15) is 18.9 Å². The number of aryl methyl sites for hydroxylation is 1. The van der Waals surface area contributed by atoms with Crippen molar-refractivity contribution < 1.29 is 4.74 Å². The molecule has 0 radical (unpaired) electrons. The smallest absolute Gasteiger partial charge is 0.225 e. The third kappa shape index (κ3) is 5.28. The number of aromatic nitrogens is 2. The van der Waals surface area contributed by atoms with Crippen molar-refractivity contribution in [2.45, 2.75) is 19.8 Å². The van der Waals surface area contributed by atoms with Gasteiger partial charge in [0.1, 0.15) is 5.82 Å². The van der Waals surface area contributed by atoms with Crippen LogP contribution >= 0.6 is 0 Å². The number of methoxy groups -OCH3 is 1. The second kappa shape index (κ2) is 9.69. The summed E-state index contributed by atoms with van der Waals surface area (Å²) in [5.74, 6) is 1.39. The lowest BCUT2D eigenvalue weighted by Gasteiger charge is -2.13. The van der Waals surface area contributed by atoms with E-state index < -0.39 is 0 Å². The largest absolute Gasteiger partial charge is 0.385 e. The molecule has 0 atom stereocenters. The Labute approximate surface area is 160 Å². The molecule has 3 aromatic rings. The Kier molecular flexibility index (Phi) is 6.77. The molecular weight excluding hydrogens is 336 g/mol. The first kappa shape index (κ1) is 18.9. The van der Waals surface area contributed by atoms with Crippen molar-refractivity contribution >= 4 is 17.5 Å². The summed E-state index contributed by atoms with van der Waals surface area (Å²) in [5.41, 5.74) is 4.28. The number of nitrogens with one attached hydrogen (secondary N) is 2. The lowest BCUT2D eigenvalue weighted by atomic mass is 10.1. The van der Waals surface area contributed by atoms with Crippen molar-refractivity contribution in [2.24, 2.45) is 0 Å². The fraction of sp³-hybridized carbons (Fsp3) is 0.273. The average Bonchev–Trinajstić information content (AvgIpc) is 2.72. The van der Waals surface area contributed by atoms with Crippen LogP contribution in [-0.4, -0.2) is 30.2 Å².